The van der Waals surface area contributed by atoms with E-state index in [1.165, 1.54) is 192 Å². The van der Waals surface area contributed by atoms with Crippen LogP contribution in [0.25, 0.3) is 0 Å². The molecule has 0 unspecified atom stereocenters. The third-order valence-electron chi connectivity index (χ3n) is 11.0. The van der Waals surface area contributed by atoms with Gasteiger partial charge in [-0.25, -0.2) is 17.6 Å². The van der Waals surface area contributed by atoms with Crippen LogP contribution in [-0.2, 0) is 4.74 Å². The zero-order chi connectivity index (χ0) is 47.9. The summed E-state index contributed by atoms with van der Waals surface area (Å²) in [6.45, 7) is 17.0. The Hall–Kier alpha value is -6.19. The van der Waals surface area contributed by atoms with Gasteiger partial charge in [0.15, 0.2) is 0 Å². The second-order valence-electron chi connectivity index (χ2n) is 16.3. The van der Waals surface area contributed by atoms with Gasteiger partial charge in [0.25, 0.3) is 21.7 Å². The second-order valence-corrected chi connectivity index (χ2v) is 16.3. The topological polar surface area (TPSA) is 126 Å². The second kappa shape index (κ2) is 28.8. The van der Waals surface area contributed by atoms with Gasteiger partial charge in [0, 0.05) is 36.0 Å². The summed E-state index contributed by atoms with van der Waals surface area (Å²) < 4.78 is 57.8. The van der Waals surface area contributed by atoms with Gasteiger partial charge >= 0.3 is 0 Å². The molecule has 67 heavy (non-hydrogen) atoms. The van der Waals surface area contributed by atoms with Gasteiger partial charge in [-0.2, -0.15) is 0 Å². The van der Waals surface area contributed by atoms with Gasteiger partial charge < -0.3 is 35.2 Å². The molecule has 0 aliphatic carbocycles. The van der Waals surface area contributed by atoms with E-state index in [0.29, 0.717) is 22.7 Å². The normalized spacial score (nSPS) is 11.8. The van der Waals surface area contributed by atoms with Gasteiger partial charge in [-0.05, 0) is 136 Å². The molecule has 0 saturated carbocycles. The first-order valence-electron chi connectivity index (χ1n) is 23.0. The van der Waals surface area contributed by atoms with Gasteiger partial charge in [0.1, 0.15) is 46.0 Å². The van der Waals surface area contributed by atoms with Crippen LogP contribution in [0, 0.1) is 23.3 Å². The zero-order valence-electron chi connectivity index (χ0n) is 38.9. The van der Waals surface area contributed by atoms with Crippen molar-refractivity contribution >= 4 is 45.5 Å². The molecule has 7 rings (SSSR count). The summed E-state index contributed by atoms with van der Waals surface area (Å²) in [6, 6.07) is 21.5. The molecule has 4 N–H and O–H groups in total. The summed E-state index contributed by atoms with van der Waals surface area (Å²) in [5.74, 6) is -1.61. The number of nitrogens with one attached hydrogen (secondary N) is 4. The van der Waals surface area contributed by atoms with Gasteiger partial charge in [-0.15, -0.1) is 0 Å². The molecule has 0 bridgehead atoms. The SMILES string of the molecule is C1CCOC1.CCCC[N+](CCCC)(CCCC)CCCC.O=c1c(Nc2ccc(F)cc2)c(Nc2ccc(F)cc2)c1=O.O=c1c(Nc2ccc(F)cc2)c(Nc2ccc(F)cc2)c1=O.[F-]. The molecule has 6 aromatic rings. The number of benzene rings is 4. The Balaban J connectivity index is 0.000000253. The Kier molecular flexibility index (Phi) is 23.7. The Labute approximate surface area is 389 Å². The molecule has 0 atom stereocenters. The maximum atomic E-state index is 12.9. The number of rotatable bonds is 20. The highest BCUT2D eigenvalue weighted by Crippen LogP contribution is 2.26. The van der Waals surface area contributed by atoms with Crippen molar-refractivity contribution in [3.05, 3.63) is 161 Å². The van der Waals surface area contributed by atoms with Gasteiger partial charge in [-0.1, -0.05) is 53.4 Å². The molecular formula is C52H64F5N5O5. The number of quaternary nitrogens is 1. The molecule has 10 nitrogen and oxygen atoms in total. The Morgan fingerprint density at radius 3 is 0.776 bits per heavy atom. The fraction of sp³-hybridized carbons (Fsp3) is 0.385. The fourth-order valence-corrected chi connectivity index (χ4v) is 7.13. The van der Waals surface area contributed by atoms with Gasteiger partial charge in [-0.3, -0.25) is 19.2 Å². The number of nitrogens with zero attached hydrogens (tertiary/aromatic N) is 1. The van der Waals surface area contributed by atoms with E-state index in [0.717, 1.165) is 13.2 Å². The lowest BCUT2D eigenvalue weighted by Gasteiger charge is -2.39. The van der Waals surface area contributed by atoms with Crippen molar-refractivity contribution in [2.45, 2.75) is 91.9 Å². The molecule has 0 radical (unpaired) electrons. The summed E-state index contributed by atoms with van der Waals surface area (Å²) >= 11 is 0. The van der Waals surface area contributed by atoms with Crippen LogP contribution >= 0.6 is 0 Å². The number of halogens is 5. The van der Waals surface area contributed by atoms with Crippen molar-refractivity contribution in [3.63, 3.8) is 0 Å². The van der Waals surface area contributed by atoms with E-state index in [4.69, 9.17) is 4.74 Å². The summed E-state index contributed by atoms with van der Waals surface area (Å²) in [5.41, 5.74) is -0.313. The largest absolute Gasteiger partial charge is 1.00 e. The molecule has 0 aromatic heterocycles. The van der Waals surface area contributed by atoms with Crippen molar-refractivity contribution in [2.24, 2.45) is 0 Å². The van der Waals surface area contributed by atoms with Crippen molar-refractivity contribution in [3.8, 4) is 0 Å². The quantitative estimate of drug-likeness (QED) is 0.0338. The van der Waals surface area contributed by atoms with Crippen LogP contribution in [0.4, 0.5) is 63.1 Å². The smallest absolute Gasteiger partial charge is 0.253 e. The van der Waals surface area contributed by atoms with Crippen LogP contribution in [0.1, 0.15) is 91.9 Å². The third-order valence-corrected chi connectivity index (χ3v) is 11.0. The highest BCUT2D eigenvalue weighted by atomic mass is 19.1. The lowest BCUT2D eigenvalue weighted by Crippen LogP contribution is -3.00. The van der Waals surface area contributed by atoms with Crippen molar-refractivity contribution in [2.75, 3.05) is 60.7 Å². The molecular weight excluding hydrogens is 870 g/mol. The van der Waals surface area contributed by atoms with Crippen LogP contribution < -0.4 is 47.7 Å². The molecule has 0 spiro atoms. The standard InChI is InChI=1S/2C16H10F2N2O2.C16H36N.C4H8O.FH/c2*17-9-1-5-11(6-2-9)19-13-14(16(22)15(13)21)20-12-7-3-10(18)4-8-12;1-5-9-13-17(14-10-6-2,15-11-7-3)16-12-8-4;1-2-4-5-3-1;/h2*1-8,19-20H;5-16H2,1-4H3;1-4H2;1H/q;;+1;;/p-1. The maximum absolute atomic E-state index is 12.9. The summed E-state index contributed by atoms with van der Waals surface area (Å²) in [5, 5.41) is 11.1. The molecule has 362 valence electrons. The van der Waals surface area contributed by atoms with Crippen molar-refractivity contribution < 1.29 is 31.5 Å². The molecule has 1 aliphatic heterocycles. The van der Waals surface area contributed by atoms with E-state index < -0.39 is 45.0 Å². The minimum atomic E-state index is -0.658. The number of anilines is 8. The van der Waals surface area contributed by atoms with Gasteiger partial charge in [0.05, 0.1) is 26.2 Å². The van der Waals surface area contributed by atoms with Gasteiger partial charge in [0.2, 0.25) is 0 Å². The first-order chi connectivity index (χ1) is 31.8. The first kappa shape index (κ1) is 55.1. The van der Waals surface area contributed by atoms with Crippen molar-refractivity contribution in [1.82, 2.24) is 0 Å². The first-order valence-corrected chi connectivity index (χ1v) is 23.0. The van der Waals surface area contributed by atoms with E-state index >= 15 is 0 Å². The van der Waals surface area contributed by atoms with Crippen LogP contribution in [-0.4, -0.2) is 43.9 Å². The number of ether oxygens (including phenoxy) is 1. The van der Waals surface area contributed by atoms with E-state index in [1.807, 2.05) is 0 Å². The highest BCUT2D eigenvalue weighted by Gasteiger charge is 2.25. The third kappa shape index (κ3) is 17.5. The van der Waals surface area contributed by atoms with Crippen LogP contribution in [0.2, 0.25) is 0 Å². The number of unbranched alkanes of at least 4 members (excludes halogenated alkanes) is 4. The van der Waals surface area contributed by atoms with E-state index in [2.05, 4.69) is 49.0 Å². The van der Waals surface area contributed by atoms with E-state index in [-0.39, 0.29) is 27.5 Å². The fourth-order valence-electron chi connectivity index (χ4n) is 7.13. The lowest BCUT2D eigenvalue weighted by molar-refractivity contribution is -0.929. The van der Waals surface area contributed by atoms with Crippen LogP contribution in [0.15, 0.2) is 116 Å². The molecule has 0 amide bonds. The predicted molar refractivity (Wildman–Crippen MR) is 261 cm³/mol. The Morgan fingerprint density at radius 1 is 0.403 bits per heavy atom. The Morgan fingerprint density at radius 2 is 0.612 bits per heavy atom. The summed E-state index contributed by atoms with van der Waals surface area (Å²) in [7, 11) is 0. The van der Waals surface area contributed by atoms with E-state index in [9.17, 15) is 36.7 Å². The average molecular weight is 934 g/mol. The number of hydrogen-bond acceptors (Lipinski definition) is 9. The average Bonchev–Trinajstić information content (AvgIpc) is 3.94. The Bertz CT molecular complexity index is 2130. The van der Waals surface area contributed by atoms with Crippen molar-refractivity contribution in [1.29, 1.82) is 0 Å². The molecule has 15 heteroatoms. The monoisotopic (exact) mass is 933 g/mol. The maximum Gasteiger partial charge on any atom is 0.253 e. The summed E-state index contributed by atoms with van der Waals surface area (Å²) in [6.07, 6.45) is 13.6. The molecule has 1 fully saturated rings. The molecule has 1 saturated heterocycles. The lowest BCUT2D eigenvalue weighted by atomic mass is 10.1. The predicted octanol–water partition coefficient (Wildman–Crippen LogP) is 8.90. The van der Waals surface area contributed by atoms with Crippen LogP contribution in [0.3, 0.4) is 0 Å². The number of hydrogen-bond donors (Lipinski definition) is 4. The molecule has 1 heterocycles. The zero-order valence-corrected chi connectivity index (χ0v) is 38.9. The summed E-state index contributed by atoms with van der Waals surface area (Å²) in [4.78, 5) is 46.6. The minimum absolute atomic E-state index is 0. The van der Waals surface area contributed by atoms with Crippen LogP contribution in [0.5, 0.6) is 0 Å². The minimum Gasteiger partial charge on any atom is -1.00 e. The highest BCUT2D eigenvalue weighted by molar-refractivity contribution is 5.83. The molecule has 6 aromatic carbocycles. The molecule has 1 aliphatic rings. The van der Waals surface area contributed by atoms with E-state index in [1.54, 1.807) is 0 Å².